The van der Waals surface area contributed by atoms with E-state index < -0.39 is 0 Å². The second-order valence-electron chi connectivity index (χ2n) is 3.84. The molecule has 0 aromatic carbocycles. The van der Waals surface area contributed by atoms with Gasteiger partial charge in [-0.1, -0.05) is 30.7 Å². The Morgan fingerprint density at radius 1 is 1.53 bits per heavy atom. The fourth-order valence-electron chi connectivity index (χ4n) is 1.63. The number of aryl methyl sites for hydroxylation is 1. The maximum atomic E-state index is 6.16. The van der Waals surface area contributed by atoms with Crippen molar-refractivity contribution in [2.24, 2.45) is 0 Å². The van der Waals surface area contributed by atoms with E-state index in [-0.39, 0.29) is 0 Å². The van der Waals surface area contributed by atoms with Crippen LogP contribution in [0.4, 0.5) is 0 Å². The zero-order valence-corrected chi connectivity index (χ0v) is 12.1. The summed E-state index contributed by atoms with van der Waals surface area (Å²) in [6, 6.07) is 1.90. The number of hydrogen-bond donors (Lipinski definition) is 1. The first kappa shape index (κ1) is 12.7. The molecule has 5 heteroatoms. The molecule has 2 aromatic heterocycles. The Morgan fingerprint density at radius 3 is 2.88 bits per heavy atom. The molecule has 0 aliphatic heterocycles. The lowest BCUT2D eigenvalue weighted by molar-refractivity contribution is 0.830. The molecule has 2 aromatic rings. The van der Waals surface area contributed by atoms with Crippen molar-refractivity contribution in [1.82, 2.24) is 9.97 Å². The van der Waals surface area contributed by atoms with Crippen molar-refractivity contribution in [3.63, 3.8) is 0 Å². The number of H-pyrrole nitrogens is 1. The second kappa shape index (κ2) is 5.29. The number of aromatic amines is 1. The van der Waals surface area contributed by atoms with E-state index in [0.717, 1.165) is 39.8 Å². The third kappa shape index (κ3) is 2.59. The highest BCUT2D eigenvalue weighted by atomic mass is 35.5. The van der Waals surface area contributed by atoms with Gasteiger partial charge < -0.3 is 4.98 Å². The van der Waals surface area contributed by atoms with E-state index in [4.69, 9.17) is 23.8 Å². The molecule has 0 bridgehead atoms. The first-order valence-corrected chi connectivity index (χ1v) is 7.13. The van der Waals surface area contributed by atoms with Crippen LogP contribution in [0.3, 0.4) is 0 Å². The van der Waals surface area contributed by atoms with Crippen molar-refractivity contribution in [1.29, 1.82) is 0 Å². The SMILES string of the molecule is CCCc1nc(=S)c(C)c(-c2sccc2Cl)[nH]1. The number of hydrogen-bond acceptors (Lipinski definition) is 3. The van der Waals surface area contributed by atoms with Crippen LogP contribution in [0.25, 0.3) is 10.6 Å². The molecular weight excluding hydrogens is 272 g/mol. The second-order valence-corrected chi connectivity index (χ2v) is 5.55. The van der Waals surface area contributed by atoms with Crippen LogP contribution in [0.15, 0.2) is 11.4 Å². The number of nitrogens with one attached hydrogen (secondary N) is 1. The van der Waals surface area contributed by atoms with E-state index in [1.54, 1.807) is 11.3 Å². The van der Waals surface area contributed by atoms with Gasteiger partial charge in [-0.25, -0.2) is 4.98 Å². The molecule has 0 fully saturated rings. The first-order valence-electron chi connectivity index (χ1n) is 5.46. The molecule has 0 unspecified atom stereocenters. The molecule has 17 heavy (non-hydrogen) atoms. The average Bonchev–Trinajstić information content (AvgIpc) is 2.70. The van der Waals surface area contributed by atoms with Crippen LogP contribution in [0, 0.1) is 11.6 Å². The molecule has 0 aliphatic rings. The molecule has 0 saturated carbocycles. The van der Waals surface area contributed by atoms with Gasteiger partial charge in [0.2, 0.25) is 0 Å². The van der Waals surface area contributed by atoms with Crippen molar-refractivity contribution in [2.45, 2.75) is 26.7 Å². The Labute approximate surface area is 115 Å². The van der Waals surface area contributed by atoms with Gasteiger partial charge in [0.05, 0.1) is 15.6 Å². The summed E-state index contributed by atoms with van der Waals surface area (Å²) in [6.45, 7) is 4.10. The lowest BCUT2D eigenvalue weighted by Gasteiger charge is -2.08. The Kier molecular flexibility index (Phi) is 3.97. The van der Waals surface area contributed by atoms with E-state index in [2.05, 4.69) is 16.9 Å². The van der Waals surface area contributed by atoms with Crippen LogP contribution in [0.5, 0.6) is 0 Å². The largest absolute Gasteiger partial charge is 0.342 e. The van der Waals surface area contributed by atoms with Gasteiger partial charge in [-0.15, -0.1) is 11.3 Å². The zero-order valence-electron chi connectivity index (χ0n) is 9.71. The third-order valence-electron chi connectivity index (χ3n) is 2.53. The van der Waals surface area contributed by atoms with Gasteiger partial charge in [0, 0.05) is 12.0 Å². The maximum absolute atomic E-state index is 6.16. The molecule has 0 radical (unpaired) electrons. The topological polar surface area (TPSA) is 28.7 Å². The summed E-state index contributed by atoms with van der Waals surface area (Å²) in [5.41, 5.74) is 2.00. The maximum Gasteiger partial charge on any atom is 0.133 e. The summed E-state index contributed by atoms with van der Waals surface area (Å²) in [4.78, 5) is 8.77. The molecule has 1 N–H and O–H groups in total. The van der Waals surface area contributed by atoms with Crippen LogP contribution in [-0.4, -0.2) is 9.97 Å². The van der Waals surface area contributed by atoms with Gasteiger partial charge in [0.1, 0.15) is 10.5 Å². The summed E-state index contributed by atoms with van der Waals surface area (Å²) in [7, 11) is 0. The van der Waals surface area contributed by atoms with Crippen molar-refractivity contribution < 1.29 is 0 Å². The predicted molar refractivity (Wildman–Crippen MR) is 76.5 cm³/mol. The van der Waals surface area contributed by atoms with Gasteiger partial charge >= 0.3 is 0 Å². The van der Waals surface area contributed by atoms with Gasteiger partial charge in [-0.2, -0.15) is 0 Å². The van der Waals surface area contributed by atoms with Crippen molar-refractivity contribution >= 4 is 35.2 Å². The van der Waals surface area contributed by atoms with Crippen LogP contribution in [-0.2, 0) is 6.42 Å². The minimum absolute atomic E-state index is 0.659. The molecule has 90 valence electrons. The normalized spacial score (nSPS) is 10.8. The molecule has 2 heterocycles. The van der Waals surface area contributed by atoms with Gasteiger partial charge in [0.15, 0.2) is 0 Å². The van der Waals surface area contributed by atoms with Crippen LogP contribution in [0.2, 0.25) is 5.02 Å². The molecule has 0 saturated heterocycles. The van der Waals surface area contributed by atoms with E-state index >= 15 is 0 Å². The summed E-state index contributed by atoms with van der Waals surface area (Å²) >= 11 is 13.1. The van der Waals surface area contributed by atoms with Crippen molar-refractivity contribution in [2.75, 3.05) is 0 Å². The molecule has 2 nitrogen and oxygen atoms in total. The molecular formula is C12H13ClN2S2. The molecule has 0 atom stereocenters. The molecule has 0 spiro atoms. The lowest BCUT2D eigenvalue weighted by Crippen LogP contribution is -1.99. The summed E-state index contributed by atoms with van der Waals surface area (Å²) in [5.74, 6) is 0.933. The third-order valence-corrected chi connectivity index (χ3v) is 4.29. The van der Waals surface area contributed by atoms with Crippen LogP contribution >= 0.6 is 35.2 Å². The summed E-state index contributed by atoms with van der Waals surface area (Å²) in [5, 5.41) is 2.74. The van der Waals surface area contributed by atoms with Crippen molar-refractivity contribution in [3.8, 4) is 10.6 Å². The highest BCUT2D eigenvalue weighted by molar-refractivity contribution is 7.71. The van der Waals surface area contributed by atoms with Crippen LogP contribution < -0.4 is 0 Å². The standard InChI is InChI=1S/C12H13ClN2S2/c1-3-4-9-14-10(7(2)12(16)15-9)11-8(13)5-6-17-11/h5-6H,3-4H2,1-2H3,(H,14,15,16). The van der Waals surface area contributed by atoms with E-state index in [1.165, 1.54) is 0 Å². The molecule has 2 rings (SSSR count). The fraction of sp³-hybridized carbons (Fsp3) is 0.333. The zero-order chi connectivity index (χ0) is 12.4. The first-order chi connectivity index (χ1) is 8.13. The van der Waals surface area contributed by atoms with Gasteiger partial charge in [0.25, 0.3) is 0 Å². The Bertz CT molecular complexity index is 586. The summed E-state index contributed by atoms with van der Waals surface area (Å²) < 4.78 is 0.659. The summed E-state index contributed by atoms with van der Waals surface area (Å²) in [6.07, 6.45) is 1.94. The Balaban J connectivity index is 2.61. The monoisotopic (exact) mass is 284 g/mol. The minimum atomic E-state index is 0.659. The predicted octanol–water partition coefficient (Wildman–Crippen LogP) is 4.78. The molecule has 0 amide bonds. The minimum Gasteiger partial charge on any atom is -0.342 e. The number of rotatable bonds is 3. The smallest absolute Gasteiger partial charge is 0.133 e. The van der Waals surface area contributed by atoms with Crippen LogP contribution in [0.1, 0.15) is 24.7 Å². The van der Waals surface area contributed by atoms with E-state index in [9.17, 15) is 0 Å². The quantitative estimate of drug-likeness (QED) is 0.822. The number of aromatic nitrogens is 2. The van der Waals surface area contributed by atoms with Gasteiger partial charge in [-0.3, -0.25) is 0 Å². The van der Waals surface area contributed by atoms with Crippen molar-refractivity contribution in [3.05, 3.63) is 32.5 Å². The van der Waals surface area contributed by atoms with E-state index in [0.29, 0.717) is 4.64 Å². The highest BCUT2D eigenvalue weighted by Crippen LogP contribution is 2.33. The Hall–Kier alpha value is -0.710. The molecule has 0 aliphatic carbocycles. The van der Waals surface area contributed by atoms with Gasteiger partial charge in [-0.05, 0) is 24.8 Å². The average molecular weight is 285 g/mol. The van der Waals surface area contributed by atoms with E-state index in [1.807, 2.05) is 18.4 Å². The Morgan fingerprint density at radius 2 is 2.29 bits per heavy atom. The lowest BCUT2D eigenvalue weighted by atomic mass is 10.2. The fourth-order valence-corrected chi connectivity index (χ4v) is 3.05. The number of thiophene rings is 1. The number of halogens is 1. The number of nitrogens with zero attached hydrogens (tertiary/aromatic N) is 1. The highest BCUT2D eigenvalue weighted by Gasteiger charge is 2.11.